The van der Waals surface area contributed by atoms with Gasteiger partial charge in [-0.05, 0) is 43.0 Å². The number of fused-ring (bicyclic) bond motifs is 5. The fourth-order valence-corrected chi connectivity index (χ4v) is 3.94. The van der Waals surface area contributed by atoms with Gasteiger partial charge in [-0.15, -0.1) is 6.58 Å². The third kappa shape index (κ3) is 2.90. The van der Waals surface area contributed by atoms with Crippen molar-refractivity contribution in [2.45, 2.75) is 59.5 Å². The number of hydrogen-bond donors (Lipinski definition) is 1. The smallest absolute Gasteiger partial charge is 0.276 e. The third-order valence-corrected chi connectivity index (χ3v) is 5.28. The van der Waals surface area contributed by atoms with Crippen LogP contribution in [-0.4, -0.2) is 21.3 Å². The predicted molar refractivity (Wildman–Crippen MR) is 108 cm³/mol. The van der Waals surface area contributed by atoms with Gasteiger partial charge in [0, 0.05) is 17.6 Å². The van der Waals surface area contributed by atoms with Crippen molar-refractivity contribution < 1.29 is 14.7 Å². The average molecular weight is 352 g/mol. The van der Waals surface area contributed by atoms with Gasteiger partial charge in [-0.1, -0.05) is 39.8 Å². The van der Waals surface area contributed by atoms with Crippen molar-refractivity contribution in [3.05, 3.63) is 48.1 Å². The van der Waals surface area contributed by atoms with Crippen LogP contribution in [0.4, 0.5) is 5.69 Å². The van der Waals surface area contributed by atoms with Gasteiger partial charge in [-0.25, -0.2) is 0 Å². The monoisotopic (exact) mass is 352 g/mol. The SMILES string of the molecule is C=CCC1(C)C=Cc2c(ccc3c2[N+](O)=C2CCC(C)(C)C=C23)O1.CC. The Morgan fingerprint density at radius 1 is 1.27 bits per heavy atom. The molecule has 1 atom stereocenters. The molecule has 0 aromatic heterocycles. The molecular weight excluding hydrogens is 322 g/mol. The zero-order chi connectivity index (χ0) is 19.1. The van der Waals surface area contributed by atoms with Crippen molar-refractivity contribution >= 4 is 23.0 Å². The Balaban J connectivity index is 0.000000948. The molecule has 0 amide bonds. The molecule has 2 heterocycles. The van der Waals surface area contributed by atoms with Gasteiger partial charge in [-0.2, -0.15) is 0 Å². The molecule has 0 saturated carbocycles. The van der Waals surface area contributed by atoms with E-state index in [1.807, 2.05) is 26.0 Å². The summed E-state index contributed by atoms with van der Waals surface area (Å²) < 4.78 is 7.58. The van der Waals surface area contributed by atoms with Crippen LogP contribution in [0.2, 0.25) is 0 Å². The van der Waals surface area contributed by atoms with Crippen LogP contribution < -0.4 is 4.74 Å². The summed E-state index contributed by atoms with van der Waals surface area (Å²) in [5.41, 5.74) is 4.86. The van der Waals surface area contributed by atoms with E-state index in [1.165, 1.54) is 10.3 Å². The molecule has 1 aromatic rings. The summed E-state index contributed by atoms with van der Waals surface area (Å²) in [5.74, 6) is 0.818. The van der Waals surface area contributed by atoms with Gasteiger partial charge >= 0.3 is 0 Å². The highest BCUT2D eigenvalue weighted by atomic mass is 16.5. The first-order valence-corrected chi connectivity index (χ1v) is 9.58. The molecule has 3 nitrogen and oxygen atoms in total. The maximum atomic E-state index is 10.8. The average Bonchev–Trinajstić information content (AvgIpc) is 2.87. The summed E-state index contributed by atoms with van der Waals surface area (Å²) in [4.78, 5) is 0. The maximum Gasteiger partial charge on any atom is 0.276 e. The standard InChI is InChI=1S/C21H24NO2.C2H6/c1-5-10-21(4)12-8-15-18(24-21)7-6-14-16-13-20(2,3)11-9-17(16)22(23)19(14)15;1-2/h5-8,12-13,23H,1,9-11H2,2-4H3;1-2H3/q+1;. The molecule has 0 radical (unpaired) electrons. The molecule has 0 bridgehead atoms. The Hall–Kier alpha value is -2.29. The minimum Gasteiger partial charge on any atom is -0.482 e. The Morgan fingerprint density at radius 2 is 2.00 bits per heavy atom. The van der Waals surface area contributed by atoms with E-state index in [2.05, 4.69) is 51.6 Å². The molecule has 0 fully saturated rings. The first-order valence-electron chi connectivity index (χ1n) is 9.58. The Kier molecular flexibility index (Phi) is 4.60. The number of benzene rings is 1. The van der Waals surface area contributed by atoms with Crippen LogP contribution in [0.3, 0.4) is 0 Å². The zero-order valence-electron chi connectivity index (χ0n) is 16.6. The van der Waals surface area contributed by atoms with E-state index < -0.39 is 0 Å². The van der Waals surface area contributed by atoms with Crippen LogP contribution in [-0.2, 0) is 0 Å². The summed E-state index contributed by atoms with van der Waals surface area (Å²) in [6.45, 7) is 14.4. The van der Waals surface area contributed by atoms with Crippen molar-refractivity contribution in [3.63, 3.8) is 0 Å². The van der Waals surface area contributed by atoms with Gasteiger partial charge in [0.1, 0.15) is 11.4 Å². The van der Waals surface area contributed by atoms with E-state index in [9.17, 15) is 5.21 Å². The fourth-order valence-electron chi connectivity index (χ4n) is 3.94. The Bertz CT molecular complexity index is 842. The van der Waals surface area contributed by atoms with Crippen molar-refractivity contribution in [1.82, 2.24) is 0 Å². The molecule has 0 spiro atoms. The van der Waals surface area contributed by atoms with Crippen LogP contribution in [0.5, 0.6) is 5.75 Å². The zero-order valence-corrected chi connectivity index (χ0v) is 16.6. The van der Waals surface area contributed by atoms with E-state index in [4.69, 9.17) is 4.74 Å². The lowest BCUT2D eigenvalue weighted by Crippen LogP contribution is -2.31. The van der Waals surface area contributed by atoms with Gasteiger partial charge in [0.15, 0.2) is 0 Å². The van der Waals surface area contributed by atoms with Crippen molar-refractivity contribution in [3.8, 4) is 5.75 Å². The summed E-state index contributed by atoms with van der Waals surface area (Å²) >= 11 is 0. The second kappa shape index (κ2) is 6.46. The van der Waals surface area contributed by atoms with Gasteiger partial charge in [0.2, 0.25) is 5.71 Å². The fraction of sp³-hybridized carbons (Fsp3) is 0.435. The van der Waals surface area contributed by atoms with Crippen LogP contribution in [0.15, 0.2) is 36.9 Å². The van der Waals surface area contributed by atoms with Gasteiger partial charge in [0.25, 0.3) is 5.69 Å². The molecule has 3 aliphatic rings. The summed E-state index contributed by atoms with van der Waals surface area (Å²) in [5, 5.41) is 10.8. The number of allylic oxidation sites excluding steroid dienone is 2. The topological polar surface area (TPSA) is 32.5 Å². The second-order valence-corrected chi connectivity index (χ2v) is 7.92. The third-order valence-electron chi connectivity index (χ3n) is 5.28. The van der Waals surface area contributed by atoms with Crippen LogP contribution >= 0.6 is 0 Å². The van der Waals surface area contributed by atoms with E-state index in [1.54, 1.807) is 0 Å². The normalized spacial score (nSPS) is 24.4. The van der Waals surface area contributed by atoms with Crippen molar-refractivity contribution in [2.75, 3.05) is 0 Å². The molecule has 0 saturated heterocycles. The molecule has 1 unspecified atom stereocenters. The van der Waals surface area contributed by atoms with Gasteiger partial charge in [0.05, 0.1) is 16.7 Å². The minimum absolute atomic E-state index is 0.159. The second-order valence-electron chi connectivity index (χ2n) is 7.92. The van der Waals surface area contributed by atoms with Crippen molar-refractivity contribution in [2.24, 2.45) is 5.41 Å². The maximum absolute atomic E-state index is 10.8. The number of rotatable bonds is 2. The number of ether oxygens (including phenoxy) is 1. The molecular formula is C23H30NO2+. The lowest BCUT2D eigenvalue weighted by atomic mass is 9.77. The highest BCUT2D eigenvalue weighted by Crippen LogP contribution is 2.48. The van der Waals surface area contributed by atoms with E-state index in [0.717, 1.165) is 47.5 Å². The first-order chi connectivity index (χ1) is 12.3. The quantitative estimate of drug-likeness (QED) is 0.394. The molecule has 3 heteroatoms. The lowest BCUT2D eigenvalue weighted by molar-refractivity contribution is -0.711. The molecule has 138 valence electrons. The molecule has 1 N–H and O–H groups in total. The molecule has 2 aliphatic heterocycles. The Morgan fingerprint density at radius 3 is 2.69 bits per heavy atom. The Labute approximate surface area is 157 Å². The number of nitrogens with zero attached hydrogens (tertiary/aromatic N) is 1. The molecule has 26 heavy (non-hydrogen) atoms. The van der Waals surface area contributed by atoms with Gasteiger partial charge in [-0.3, -0.25) is 5.21 Å². The molecule has 1 aliphatic carbocycles. The summed E-state index contributed by atoms with van der Waals surface area (Å²) in [6.07, 6.45) is 11.0. The largest absolute Gasteiger partial charge is 0.482 e. The van der Waals surface area contributed by atoms with E-state index in [0.29, 0.717) is 0 Å². The van der Waals surface area contributed by atoms with Crippen LogP contribution in [0.25, 0.3) is 11.6 Å². The van der Waals surface area contributed by atoms with E-state index in [-0.39, 0.29) is 11.0 Å². The van der Waals surface area contributed by atoms with Gasteiger partial charge < -0.3 is 4.74 Å². The highest BCUT2D eigenvalue weighted by molar-refractivity contribution is 6.26. The molecule has 4 rings (SSSR count). The molecule has 1 aromatic carbocycles. The van der Waals surface area contributed by atoms with E-state index >= 15 is 0 Å². The first kappa shape index (κ1) is 18.5. The van der Waals surface area contributed by atoms with Crippen molar-refractivity contribution in [1.29, 1.82) is 0 Å². The highest BCUT2D eigenvalue weighted by Gasteiger charge is 2.43. The predicted octanol–water partition coefficient (Wildman–Crippen LogP) is 6.14. The summed E-state index contributed by atoms with van der Waals surface area (Å²) in [7, 11) is 0. The lowest BCUT2D eigenvalue weighted by Gasteiger charge is -2.30. The summed E-state index contributed by atoms with van der Waals surface area (Å²) in [6, 6.07) is 4.10. The number of hydrogen-bond acceptors (Lipinski definition) is 2. The van der Waals surface area contributed by atoms with Crippen LogP contribution in [0.1, 0.15) is 65.0 Å². The minimum atomic E-state index is -0.372. The van der Waals surface area contributed by atoms with Crippen LogP contribution in [0, 0.1) is 5.41 Å².